The summed E-state index contributed by atoms with van der Waals surface area (Å²) in [6.45, 7) is 2.54. The predicted octanol–water partition coefficient (Wildman–Crippen LogP) is 4.71. The number of nitrogens with zero attached hydrogens (tertiary/aromatic N) is 3. The largest absolute Gasteiger partial charge is 0.494 e. The summed E-state index contributed by atoms with van der Waals surface area (Å²) in [5.74, 6) is 1.75. The molecule has 0 saturated carbocycles. The molecule has 0 aliphatic carbocycles. The number of hydrogen-bond acceptors (Lipinski definition) is 5. The van der Waals surface area contributed by atoms with E-state index in [1.54, 1.807) is 35.3 Å². The van der Waals surface area contributed by atoms with Gasteiger partial charge in [0.2, 0.25) is 0 Å². The van der Waals surface area contributed by atoms with Crippen molar-refractivity contribution in [2.24, 2.45) is 0 Å². The van der Waals surface area contributed by atoms with Crippen LogP contribution >= 0.6 is 0 Å². The summed E-state index contributed by atoms with van der Waals surface area (Å²) in [5.41, 5.74) is 1.93. The molecule has 1 N–H and O–H groups in total. The first-order valence-electron chi connectivity index (χ1n) is 9.49. The van der Waals surface area contributed by atoms with E-state index in [2.05, 4.69) is 15.4 Å². The van der Waals surface area contributed by atoms with Crippen LogP contribution in [0.4, 0.5) is 5.69 Å². The number of benzene rings is 3. The maximum Gasteiger partial charge on any atom is 0.255 e. The van der Waals surface area contributed by atoms with Gasteiger partial charge in [0, 0.05) is 5.56 Å². The lowest BCUT2D eigenvalue weighted by molar-refractivity contribution is 0.102. The molecule has 1 amide bonds. The van der Waals surface area contributed by atoms with E-state index in [-0.39, 0.29) is 5.91 Å². The van der Waals surface area contributed by atoms with Crippen molar-refractivity contribution in [3.63, 3.8) is 0 Å². The van der Waals surface area contributed by atoms with E-state index in [4.69, 9.17) is 9.47 Å². The molecule has 7 nitrogen and oxygen atoms in total. The van der Waals surface area contributed by atoms with E-state index in [1.165, 1.54) is 6.33 Å². The third-order valence-corrected chi connectivity index (χ3v) is 4.31. The van der Waals surface area contributed by atoms with Crippen molar-refractivity contribution in [3.8, 4) is 22.9 Å². The Morgan fingerprint density at radius 2 is 1.70 bits per heavy atom. The Kier molecular flexibility index (Phi) is 5.70. The van der Waals surface area contributed by atoms with E-state index >= 15 is 0 Å². The van der Waals surface area contributed by atoms with E-state index < -0.39 is 0 Å². The van der Waals surface area contributed by atoms with Gasteiger partial charge in [0.15, 0.2) is 5.75 Å². The lowest BCUT2D eigenvalue weighted by Gasteiger charge is -2.13. The highest BCUT2D eigenvalue weighted by atomic mass is 16.5. The second-order valence-corrected chi connectivity index (χ2v) is 6.34. The van der Waals surface area contributed by atoms with Gasteiger partial charge in [-0.15, -0.1) is 0 Å². The number of hydrogen-bond donors (Lipinski definition) is 1. The Balaban J connectivity index is 1.47. The van der Waals surface area contributed by atoms with Gasteiger partial charge in [-0.25, -0.2) is 9.67 Å². The van der Waals surface area contributed by atoms with Crippen molar-refractivity contribution < 1.29 is 14.3 Å². The molecule has 0 bridgehead atoms. The van der Waals surface area contributed by atoms with Gasteiger partial charge in [-0.1, -0.05) is 12.1 Å². The lowest BCUT2D eigenvalue weighted by atomic mass is 10.2. The van der Waals surface area contributed by atoms with Gasteiger partial charge >= 0.3 is 0 Å². The van der Waals surface area contributed by atoms with Crippen LogP contribution < -0.4 is 14.8 Å². The fraction of sp³-hybridized carbons (Fsp3) is 0.0870. The molecular formula is C23H20N4O3. The van der Waals surface area contributed by atoms with Crippen LogP contribution in [0, 0.1) is 0 Å². The summed E-state index contributed by atoms with van der Waals surface area (Å²) >= 11 is 0. The first-order valence-corrected chi connectivity index (χ1v) is 9.49. The van der Waals surface area contributed by atoms with Gasteiger partial charge in [0.05, 0.1) is 18.0 Å². The van der Waals surface area contributed by atoms with Gasteiger partial charge in [0.25, 0.3) is 5.91 Å². The third kappa shape index (κ3) is 4.47. The summed E-state index contributed by atoms with van der Waals surface area (Å²) in [5, 5.41) is 6.99. The SMILES string of the molecule is CCOc1ccc(Oc2ccccc2NC(=O)c2ccc(-n3cncn3)cc2)cc1. The number of amides is 1. The molecule has 3 aromatic carbocycles. The monoisotopic (exact) mass is 400 g/mol. The lowest BCUT2D eigenvalue weighted by Crippen LogP contribution is -2.12. The Morgan fingerprint density at radius 1 is 0.967 bits per heavy atom. The Labute approximate surface area is 173 Å². The van der Waals surface area contributed by atoms with Crippen LogP contribution in [0.25, 0.3) is 5.69 Å². The highest BCUT2D eigenvalue weighted by Crippen LogP contribution is 2.30. The van der Waals surface area contributed by atoms with Crippen LogP contribution in [0.1, 0.15) is 17.3 Å². The topological polar surface area (TPSA) is 78.3 Å². The first kappa shape index (κ1) is 19.2. The molecule has 0 fully saturated rings. The van der Waals surface area contributed by atoms with Crippen molar-refractivity contribution in [2.75, 3.05) is 11.9 Å². The maximum atomic E-state index is 12.7. The Bertz CT molecular complexity index is 1110. The van der Waals surface area contributed by atoms with E-state index in [0.29, 0.717) is 29.4 Å². The number of rotatable bonds is 7. The number of anilines is 1. The molecule has 7 heteroatoms. The molecule has 0 aliphatic heterocycles. The minimum absolute atomic E-state index is 0.233. The fourth-order valence-electron chi connectivity index (χ4n) is 2.86. The zero-order valence-corrected chi connectivity index (χ0v) is 16.4. The molecule has 0 spiro atoms. The average molecular weight is 400 g/mol. The molecule has 0 unspecified atom stereocenters. The van der Waals surface area contributed by atoms with E-state index in [0.717, 1.165) is 11.4 Å². The van der Waals surface area contributed by atoms with Crippen LogP contribution in [0.2, 0.25) is 0 Å². The molecule has 1 heterocycles. The first-order chi connectivity index (χ1) is 14.7. The second kappa shape index (κ2) is 8.91. The zero-order valence-electron chi connectivity index (χ0n) is 16.4. The molecule has 4 rings (SSSR count). The number of aromatic nitrogens is 3. The molecule has 4 aromatic rings. The maximum absolute atomic E-state index is 12.7. The van der Waals surface area contributed by atoms with Crippen LogP contribution in [-0.4, -0.2) is 27.3 Å². The molecule has 0 aliphatic rings. The molecule has 150 valence electrons. The normalized spacial score (nSPS) is 10.4. The average Bonchev–Trinajstić information content (AvgIpc) is 3.32. The van der Waals surface area contributed by atoms with Crippen molar-refractivity contribution in [3.05, 3.63) is 91.0 Å². The van der Waals surface area contributed by atoms with Gasteiger partial charge in [-0.05, 0) is 67.6 Å². The van der Waals surface area contributed by atoms with Crippen LogP contribution in [0.3, 0.4) is 0 Å². The van der Waals surface area contributed by atoms with Crippen molar-refractivity contribution >= 4 is 11.6 Å². The molecule has 0 radical (unpaired) electrons. The standard InChI is InChI=1S/C23H20N4O3/c1-2-29-19-11-13-20(14-12-19)30-22-6-4-3-5-21(22)26-23(28)17-7-9-18(10-8-17)27-16-24-15-25-27/h3-16H,2H2,1H3,(H,26,28). The summed E-state index contributed by atoms with van der Waals surface area (Å²) in [4.78, 5) is 16.6. The van der Waals surface area contributed by atoms with Crippen molar-refractivity contribution in [1.82, 2.24) is 14.8 Å². The highest BCUT2D eigenvalue weighted by molar-refractivity contribution is 6.05. The number of carbonyl (C=O) groups is 1. The van der Waals surface area contributed by atoms with Crippen molar-refractivity contribution in [1.29, 1.82) is 0 Å². The quantitative estimate of drug-likeness (QED) is 0.486. The van der Waals surface area contributed by atoms with Gasteiger partial charge in [0.1, 0.15) is 24.2 Å². The summed E-state index contributed by atoms with van der Waals surface area (Å²) in [6.07, 6.45) is 3.06. The smallest absolute Gasteiger partial charge is 0.255 e. The Hall–Kier alpha value is -4.13. The van der Waals surface area contributed by atoms with Gasteiger partial charge in [-0.2, -0.15) is 5.10 Å². The minimum Gasteiger partial charge on any atom is -0.494 e. The van der Waals surface area contributed by atoms with E-state index in [9.17, 15) is 4.79 Å². The number of ether oxygens (including phenoxy) is 2. The third-order valence-electron chi connectivity index (χ3n) is 4.31. The van der Waals surface area contributed by atoms with Gasteiger partial charge in [-0.3, -0.25) is 4.79 Å². The predicted molar refractivity (Wildman–Crippen MR) is 113 cm³/mol. The summed E-state index contributed by atoms with van der Waals surface area (Å²) in [6, 6.07) is 21.7. The highest BCUT2D eigenvalue weighted by Gasteiger charge is 2.11. The van der Waals surface area contributed by atoms with Crippen LogP contribution in [0.5, 0.6) is 17.2 Å². The van der Waals surface area contributed by atoms with E-state index in [1.807, 2.05) is 55.5 Å². The minimum atomic E-state index is -0.233. The number of carbonyl (C=O) groups excluding carboxylic acids is 1. The molecule has 30 heavy (non-hydrogen) atoms. The fourth-order valence-corrected chi connectivity index (χ4v) is 2.86. The van der Waals surface area contributed by atoms with Gasteiger partial charge < -0.3 is 14.8 Å². The second-order valence-electron chi connectivity index (χ2n) is 6.34. The summed E-state index contributed by atoms with van der Waals surface area (Å²) < 4.78 is 13.0. The van der Waals surface area contributed by atoms with Crippen LogP contribution in [-0.2, 0) is 0 Å². The zero-order chi connectivity index (χ0) is 20.8. The molecule has 0 atom stereocenters. The Morgan fingerprint density at radius 3 is 2.40 bits per heavy atom. The summed E-state index contributed by atoms with van der Waals surface area (Å²) in [7, 11) is 0. The van der Waals surface area contributed by atoms with Crippen molar-refractivity contribution in [2.45, 2.75) is 6.92 Å². The molecular weight excluding hydrogens is 380 g/mol. The molecule has 0 saturated heterocycles. The molecule has 1 aromatic heterocycles. The number of para-hydroxylation sites is 2. The van der Waals surface area contributed by atoms with Crippen LogP contribution in [0.15, 0.2) is 85.5 Å². The number of nitrogens with one attached hydrogen (secondary N) is 1.